The quantitative estimate of drug-likeness (QED) is 0.689. The summed E-state index contributed by atoms with van der Waals surface area (Å²) in [6, 6.07) is 0.803. The van der Waals surface area contributed by atoms with E-state index in [2.05, 4.69) is 30.3 Å². The van der Waals surface area contributed by atoms with Crippen molar-refractivity contribution in [1.29, 1.82) is 0 Å². The Labute approximate surface area is 90.8 Å². The van der Waals surface area contributed by atoms with Crippen molar-refractivity contribution < 1.29 is 0 Å². The zero-order chi connectivity index (χ0) is 9.52. The molecule has 0 radical (unpaired) electrons. The van der Waals surface area contributed by atoms with Crippen LogP contribution >= 0.6 is 23.5 Å². The Morgan fingerprint density at radius 1 is 1.46 bits per heavy atom. The molecule has 1 fully saturated rings. The van der Waals surface area contributed by atoms with Crippen molar-refractivity contribution in [3.63, 3.8) is 0 Å². The fraction of sp³-hybridized carbons (Fsp3) is 1.00. The maximum Gasteiger partial charge on any atom is 0.0194 e. The first kappa shape index (κ1) is 11.7. The average Bonchev–Trinajstić information content (AvgIpc) is 2.54. The number of rotatable bonds is 6. The van der Waals surface area contributed by atoms with E-state index >= 15 is 0 Å². The summed E-state index contributed by atoms with van der Waals surface area (Å²) in [5.74, 6) is 4.99. The Balaban J connectivity index is 2.15. The monoisotopic (exact) mass is 219 g/mol. The molecule has 0 saturated carbocycles. The topological polar surface area (TPSA) is 12.0 Å². The molecule has 1 aliphatic heterocycles. The molecule has 0 bridgehead atoms. The zero-order valence-electron chi connectivity index (χ0n) is 8.71. The Morgan fingerprint density at radius 3 is 3.00 bits per heavy atom. The lowest BCUT2D eigenvalue weighted by molar-refractivity contribution is 0.410. The molecule has 78 valence electrons. The van der Waals surface area contributed by atoms with E-state index in [9.17, 15) is 0 Å². The van der Waals surface area contributed by atoms with Crippen LogP contribution in [0.5, 0.6) is 0 Å². The molecule has 1 rings (SSSR count). The van der Waals surface area contributed by atoms with Gasteiger partial charge in [-0.15, -0.1) is 0 Å². The van der Waals surface area contributed by atoms with Crippen LogP contribution in [0.3, 0.4) is 0 Å². The maximum atomic E-state index is 3.59. The van der Waals surface area contributed by atoms with E-state index in [1.807, 2.05) is 11.8 Å². The molecule has 0 aromatic carbocycles. The molecule has 2 atom stereocenters. The van der Waals surface area contributed by atoms with Gasteiger partial charge in [0.05, 0.1) is 0 Å². The van der Waals surface area contributed by atoms with Crippen molar-refractivity contribution in [3.05, 3.63) is 0 Å². The largest absolute Gasteiger partial charge is 0.313 e. The highest BCUT2D eigenvalue weighted by Crippen LogP contribution is 2.28. The summed E-state index contributed by atoms with van der Waals surface area (Å²) in [4.78, 5) is 0. The molecule has 13 heavy (non-hydrogen) atoms. The molecule has 1 aliphatic rings. The van der Waals surface area contributed by atoms with Crippen LogP contribution < -0.4 is 5.32 Å². The lowest BCUT2D eigenvalue weighted by atomic mass is 9.98. The van der Waals surface area contributed by atoms with Crippen LogP contribution in [0, 0.1) is 5.92 Å². The molecule has 1 heterocycles. The van der Waals surface area contributed by atoms with Gasteiger partial charge in [0.25, 0.3) is 0 Å². The van der Waals surface area contributed by atoms with E-state index in [0.717, 1.165) is 18.5 Å². The molecular weight excluding hydrogens is 198 g/mol. The Morgan fingerprint density at radius 2 is 2.31 bits per heavy atom. The smallest absolute Gasteiger partial charge is 0.0194 e. The van der Waals surface area contributed by atoms with Gasteiger partial charge in [0.15, 0.2) is 0 Å². The van der Waals surface area contributed by atoms with Crippen molar-refractivity contribution in [2.75, 3.05) is 30.1 Å². The van der Waals surface area contributed by atoms with Gasteiger partial charge in [-0.2, -0.15) is 23.5 Å². The standard InChI is InChI=1S/C10H21NS2/c1-3-11-10-8-13-7-9(10)5-4-6-12-2/h9-11H,3-8H2,1-2H3. The van der Waals surface area contributed by atoms with Gasteiger partial charge in [-0.3, -0.25) is 0 Å². The third-order valence-electron chi connectivity index (χ3n) is 2.59. The van der Waals surface area contributed by atoms with Gasteiger partial charge in [0, 0.05) is 11.8 Å². The molecular formula is C10H21NS2. The molecule has 1 nitrogen and oxygen atoms in total. The van der Waals surface area contributed by atoms with Gasteiger partial charge in [-0.1, -0.05) is 6.92 Å². The summed E-state index contributed by atoms with van der Waals surface area (Å²) >= 11 is 4.09. The second-order valence-corrected chi connectivity index (χ2v) is 5.66. The van der Waals surface area contributed by atoms with Crippen LogP contribution in [0.15, 0.2) is 0 Å². The summed E-state index contributed by atoms with van der Waals surface area (Å²) < 4.78 is 0. The van der Waals surface area contributed by atoms with Crippen LogP contribution in [0.2, 0.25) is 0 Å². The van der Waals surface area contributed by atoms with E-state index in [1.54, 1.807) is 0 Å². The molecule has 0 spiro atoms. The van der Waals surface area contributed by atoms with Crippen LogP contribution in [-0.2, 0) is 0 Å². The zero-order valence-corrected chi connectivity index (χ0v) is 10.3. The predicted octanol–water partition coefficient (Wildman–Crippen LogP) is 2.47. The van der Waals surface area contributed by atoms with Gasteiger partial charge in [-0.25, -0.2) is 0 Å². The molecule has 0 amide bonds. The Kier molecular flexibility index (Phi) is 6.33. The minimum absolute atomic E-state index is 0.803. The summed E-state index contributed by atoms with van der Waals surface area (Å²) in [6.07, 6.45) is 5.02. The van der Waals surface area contributed by atoms with Gasteiger partial charge in [0.2, 0.25) is 0 Å². The minimum atomic E-state index is 0.803. The number of nitrogens with one attached hydrogen (secondary N) is 1. The molecule has 0 aromatic rings. The van der Waals surface area contributed by atoms with E-state index in [-0.39, 0.29) is 0 Å². The third-order valence-corrected chi connectivity index (χ3v) is 4.54. The van der Waals surface area contributed by atoms with Crippen LogP contribution in [0.4, 0.5) is 0 Å². The average molecular weight is 219 g/mol. The first-order valence-corrected chi connectivity index (χ1v) is 7.73. The fourth-order valence-corrected chi connectivity index (χ4v) is 3.80. The van der Waals surface area contributed by atoms with Crippen molar-refractivity contribution >= 4 is 23.5 Å². The van der Waals surface area contributed by atoms with Crippen LogP contribution in [0.1, 0.15) is 19.8 Å². The van der Waals surface area contributed by atoms with Crippen LogP contribution in [0.25, 0.3) is 0 Å². The Bertz CT molecular complexity index is 130. The van der Waals surface area contributed by atoms with Gasteiger partial charge in [0.1, 0.15) is 0 Å². The molecule has 3 heteroatoms. The minimum Gasteiger partial charge on any atom is -0.313 e. The molecule has 0 aromatic heterocycles. The fourth-order valence-electron chi connectivity index (χ4n) is 1.86. The van der Waals surface area contributed by atoms with Crippen LogP contribution in [-0.4, -0.2) is 36.1 Å². The summed E-state index contributed by atoms with van der Waals surface area (Å²) in [6.45, 7) is 3.34. The second-order valence-electron chi connectivity index (χ2n) is 3.60. The van der Waals surface area contributed by atoms with E-state index in [4.69, 9.17) is 0 Å². The first-order valence-electron chi connectivity index (χ1n) is 5.18. The van der Waals surface area contributed by atoms with E-state index in [1.165, 1.54) is 30.1 Å². The second kappa shape index (κ2) is 7.02. The van der Waals surface area contributed by atoms with Gasteiger partial charge >= 0.3 is 0 Å². The highest BCUT2D eigenvalue weighted by Gasteiger charge is 2.25. The highest BCUT2D eigenvalue weighted by atomic mass is 32.2. The molecule has 0 aliphatic carbocycles. The lowest BCUT2D eigenvalue weighted by Gasteiger charge is -2.18. The van der Waals surface area contributed by atoms with Crippen molar-refractivity contribution in [2.24, 2.45) is 5.92 Å². The number of hydrogen-bond donors (Lipinski definition) is 1. The Hall–Kier alpha value is 0.660. The predicted molar refractivity (Wildman–Crippen MR) is 65.9 cm³/mol. The van der Waals surface area contributed by atoms with E-state index < -0.39 is 0 Å². The van der Waals surface area contributed by atoms with E-state index in [0.29, 0.717) is 0 Å². The lowest BCUT2D eigenvalue weighted by Crippen LogP contribution is -2.35. The SMILES string of the molecule is CCNC1CSCC1CCCSC. The van der Waals surface area contributed by atoms with Gasteiger partial charge < -0.3 is 5.32 Å². The highest BCUT2D eigenvalue weighted by molar-refractivity contribution is 7.99. The van der Waals surface area contributed by atoms with Crippen molar-refractivity contribution in [3.8, 4) is 0 Å². The third kappa shape index (κ3) is 4.13. The normalized spacial score (nSPS) is 28.2. The summed E-state index contributed by atoms with van der Waals surface area (Å²) in [7, 11) is 0. The summed E-state index contributed by atoms with van der Waals surface area (Å²) in [5, 5.41) is 3.59. The first-order chi connectivity index (χ1) is 6.38. The summed E-state index contributed by atoms with van der Waals surface area (Å²) in [5.41, 5.74) is 0. The molecule has 1 N–H and O–H groups in total. The van der Waals surface area contributed by atoms with Gasteiger partial charge in [-0.05, 0) is 43.1 Å². The molecule has 1 saturated heterocycles. The number of thioether (sulfide) groups is 2. The van der Waals surface area contributed by atoms with Crippen molar-refractivity contribution in [1.82, 2.24) is 5.32 Å². The number of hydrogen-bond acceptors (Lipinski definition) is 3. The van der Waals surface area contributed by atoms with Crippen molar-refractivity contribution in [2.45, 2.75) is 25.8 Å². The molecule has 2 unspecified atom stereocenters. The maximum absolute atomic E-state index is 3.59.